The van der Waals surface area contributed by atoms with Gasteiger partial charge in [-0.2, -0.15) is 5.10 Å². The Balaban J connectivity index is 1.91. The van der Waals surface area contributed by atoms with E-state index in [4.69, 9.17) is 12.2 Å². The molecule has 1 aliphatic rings. The fourth-order valence-corrected chi connectivity index (χ4v) is 2.09. The normalized spacial score (nSPS) is 16.6. The number of nitrogens with one attached hydrogen (secondary N) is 2. The Bertz CT molecular complexity index is 475. The van der Waals surface area contributed by atoms with E-state index in [0.29, 0.717) is 23.7 Å². The lowest BCUT2D eigenvalue weighted by atomic mass is 10.2. The molecule has 100 valence electrons. The van der Waals surface area contributed by atoms with Gasteiger partial charge in [0, 0.05) is 24.9 Å². The lowest BCUT2D eigenvalue weighted by molar-refractivity contribution is -0.121. The van der Waals surface area contributed by atoms with Gasteiger partial charge in [0.15, 0.2) is 4.77 Å². The van der Waals surface area contributed by atoms with Crippen molar-refractivity contribution in [2.45, 2.75) is 58.0 Å². The molecule has 1 aromatic heterocycles. The van der Waals surface area contributed by atoms with Gasteiger partial charge < -0.3 is 9.88 Å². The van der Waals surface area contributed by atoms with Crippen LogP contribution in [0.1, 0.15) is 51.3 Å². The minimum atomic E-state index is 0.0780. The Hall–Kier alpha value is -1.17. The predicted molar refractivity (Wildman–Crippen MR) is 71.9 cm³/mol. The van der Waals surface area contributed by atoms with Gasteiger partial charge >= 0.3 is 0 Å². The molecule has 0 aliphatic heterocycles. The highest BCUT2D eigenvalue weighted by molar-refractivity contribution is 7.71. The number of hydrogen-bond donors (Lipinski definition) is 2. The third-order valence-electron chi connectivity index (χ3n) is 3.31. The molecule has 5 nitrogen and oxygen atoms in total. The molecule has 1 amide bonds. The summed E-state index contributed by atoms with van der Waals surface area (Å²) in [6.45, 7) is 4.68. The SMILES string of the molecule is CCC(C)NC(=O)CCn1c(C2CC2)n[nH]c1=S. The molecule has 0 bridgehead atoms. The summed E-state index contributed by atoms with van der Waals surface area (Å²) in [5.74, 6) is 1.63. The highest BCUT2D eigenvalue weighted by Crippen LogP contribution is 2.38. The summed E-state index contributed by atoms with van der Waals surface area (Å²) in [4.78, 5) is 11.7. The monoisotopic (exact) mass is 268 g/mol. The maximum Gasteiger partial charge on any atom is 0.222 e. The maximum atomic E-state index is 11.7. The van der Waals surface area contributed by atoms with Crippen molar-refractivity contribution >= 4 is 18.1 Å². The van der Waals surface area contributed by atoms with Crippen molar-refractivity contribution in [2.24, 2.45) is 0 Å². The minimum absolute atomic E-state index is 0.0780. The molecule has 0 radical (unpaired) electrons. The molecule has 1 aromatic rings. The molecule has 1 aliphatic carbocycles. The average molecular weight is 268 g/mol. The van der Waals surface area contributed by atoms with E-state index in [1.165, 1.54) is 12.8 Å². The molecule has 0 aromatic carbocycles. The Kier molecular flexibility index (Phi) is 4.16. The van der Waals surface area contributed by atoms with Crippen LogP contribution in [0.5, 0.6) is 0 Å². The number of amides is 1. The number of aromatic nitrogens is 3. The first-order valence-corrected chi connectivity index (χ1v) is 6.97. The van der Waals surface area contributed by atoms with E-state index >= 15 is 0 Å². The zero-order chi connectivity index (χ0) is 13.1. The fourth-order valence-electron chi connectivity index (χ4n) is 1.86. The first-order chi connectivity index (χ1) is 8.61. The molecule has 2 rings (SSSR count). The molecule has 0 spiro atoms. The van der Waals surface area contributed by atoms with E-state index in [1.807, 2.05) is 11.5 Å². The van der Waals surface area contributed by atoms with Crippen LogP contribution in [0.15, 0.2) is 0 Å². The Morgan fingerprint density at radius 1 is 1.67 bits per heavy atom. The number of H-pyrrole nitrogens is 1. The first-order valence-electron chi connectivity index (χ1n) is 6.56. The van der Waals surface area contributed by atoms with Crippen molar-refractivity contribution in [3.05, 3.63) is 10.6 Å². The van der Waals surface area contributed by atoms with Crippen LogP contribution in [-0.4, -0.2) is 26.7 Å². The van der Waals surface area contributed by atoms with Crippen molar-refractivity contribution in [1.29, 1.82) is 0 Å². The molecule has 6 heteroatoms. The van der Waals surface area contributed by atoms with Crippen molar-refractivity contribution in [3.8, 4) is 0 Å². The molecule has 1 fully saturated rings. The van der Waals surface area contributed by atoms with Crippen LogP contribution in [0.4, 0.5) is 0 Å². The van der Waals surface area contributed by atoms with Gasteiger partial charge in [-0.3, -0.25) is 9.89 Å². The number of carbonyl (C=O) groups excluding carboxylic acids is 1. The lowest BCUT2D eigenvalue weighted by Crippen LogP contribution is -2.32. The van der Waals surface area contributed by atoms with Crippen LogP contribution in [0.3, 0.4) is 0 Å². The van der Waals surface area contributed by atoms with Crippen LogP contribution in [0, 0.1) is 4.77 Å². The van der Waals surface area contributed by atoms with Gasteiger partial charge in [-0.05, 0) is 38.4 Å². The second kappa shape index (κ2) is 5.65. The van der Waals surface area contributed by atoms with Crippen LogP contribution >= 0.6 is 12.2 Å². The van der Waals surface area contributed by atoms with Gasteiger partial charge in [0.2, 0.25) is 5.91 Å². The summed E-state index contributed by atoms with van der Waals surface area (Å²) in [7, 11) is 0. The second-order valence-electron chi connectivity index (χ2n) is 4.94. The fraction of sp³-hybridized carbons (Fsp3) is 0.750. The summed E-state index contributed by atoms with van der Waals surface area (Å²) >= 11 is 5.20. The van der Waals surface area contributed by atoms with Crippen molar-refractivity contribution < 1.29 is 4.79 Å². The smallest absolute Gasteiger partial charge is 0.222 e. The highest BCUT2D eigenvalue weighted by Gasteiger charge is 2.29. The quantitative estimate of drug-likeness (QED) is 0.777. The number of carbonyl (C=O) groups is 1. The summed E-state index contributed by atoms with van der Waals surface area (Å²) < 4.78 is 2.58. The maximum absolute atomic E-state index is 11.7. The van der Waals surface area contributed by atoms with Gasteiger partial charge in [0.05, 0.1) is 0 Å². The van der Waals surface area contributed by atoms with E-state index in [9.17, 15) is 4.79 Å². The van der Waals surface area contributed by atoms with Gasteiger partial charge in [-0.25, -0.2) is 0 Å². The Morgan fingerprint density at radius 2 is 2.39 bits per heavy atom. The second-order valence-corrected chi connectivity index (χ2v) is 5.33. The van der Waals surface area contributed by atoms with Gasteiger partial charge in [-0.1, -0.05) is 6.92 Å². The van der Waals surface area contributed by atoms with Gasteiger partial charge in [0.25, 0.3) is 0 Å². The van der Waals surface area contributed by atoms with E-state index in [0.717, 1.165) is 12.2 Å². The molecule has 1 unspecified atom stereocenters. The van der Waals surface area contributed by atoms with Crippen molar-refractivity contribution in [3.63, 3.8) is 0 Å². The number of hydrogen-bond acceptors (Lipinski definition) is 3. The van der Waals surface area contributed by atoms with Crippen molar-refractivity contribution in [1.82, 2.24) is 20.1 Å². The van der Waals surface area contributed by atoms with Crippen LogP contribution in [-0.2, 0) is 11.3 Å². The molecular weight excluding hydrogens is 248 g/mol. The van der Waals surface area contributed by atoms with E-state index < -0.39 is 0 Å². The predicted octanol–water partition coefficient (Wildman–Crippen LogP) is 2.12. The number of rotatable bonds is 6. The first kappa shape index (κ1) is 13.3. The third-order valence-corrected chi connectivity index (χ3v) is 3.62. The minimum Gasteiger partial charge on any atom is -0.354 e. The third kappa shape index (κ3) is 3.19. The highest BCUT2D eigenvalue weighted by atomic mass is 32.1. The van der Waals surface area contributed by atoms with Crippen LogP contribution in [0.2, 0.25) is 0 Å². The largest absolute Gasteiger partial charge is 0.354 e. The average Bonchev–Trinajstić information content (AvgIpc) is 3.11. The summed E-state index contributed by atoms with van der Waals surface area (Å²) in [5.41, 5.74) is 0. The summed E-state index contributed by atoms with van der Waals surface area (Å²) in [5, 5.41) is 10.0. The topological polar surface area (TPSA) is 62.7 Å². The summed E-state index contributed by atoms with van der Waals surface area (Å²) in [6, 6.07) is 0.234. The molecule has 1 atom stereocenters. The molecule has 0 saturated heterocycles. The molecule has 1 saturated carbocycles. The zero-order valence-electron chi connectivity index (χ0n) is 10.9. The van der Waals surface area contributed by atoms with E-state index in [1.54, 1.807) is 0 Å². The Morgan fingerprint density at radius 3 is 3.00 bits per heavy atom. The van der Waals surface area contributed by atoms with E-state index in [-0.39, 0.29) is 11.9 Å². The molecule has 1 heterocycles. The number of aromatic amines is 1. The standard InChI is InChI=1S/C12H20N4OS/c1-3-8(2)13-10(17)6-7-16-11(9-4-5-9)14-15-12(16)18/h8-9H,3-7H2,1-2H3,(H,13,17)(H,15,18). The van der Waals surface area contributed by atoms with Crippen LogP contribution < -0.4 is 5.32 Å². The van der Waals surface area contributed by atoms with Gasteiger partial charge in [0.1, 0.15) is 5.82 Å². The molecule has 2 N–H and O–H groups in total. The zero-order valence-corrected chi connectivity index (χ0v) is 11.7. The molecular formula is C12H20N4OS. The van der Waals surface area contributed by atoms with Crippen LogP contribution in [0.25, 0.3) is 0 Å². The number of nitrogens with zero attached hydrogens (tertiary/aromatic N) is 2. The van der Waals surface area contributed by atoms with E-state index in [2.05, 4.69) is 22.4 Å². The van der Waals surface area contributed by atoms with Crippen molar-refractivity contribution in [2.75, 3.05) is 0 Å². The van der Waals surface area contributed by atoms with Gasteiger partial charge in [-0.15, -0.1) is 0 Å². The Labute approximate surface area is 112 Å². The molecule has 18 heavy (non-hydrogen) atoms. The summed E-state index contributed by atoms with van der Waals surface area (Å²) in [6.07, 6.45) is 3.76. The lowest BCUT2D eigenvalue weighted by Gasteiger charge is -2.11.